The summed E-state index contributed by atoms with van der Waals surface area (Å²) in [4.78, 5) is 11.6. The van der Waals surface area contributed by atoms with E-state index in [1.165, 1.54) is 12.1 Å². The summed E-state index contributed by atoms with van der Waals surface area (Å²) in [6.07, 6.45) is -0.990. The minimum atomic E-state index is -4.35. The van der Waals surface area contributed by atoms with Crippen molar-refractivity contribution in [2.24, 2.45) is 0 Å². The zero-order valence-corrected chi connectivity index (χ0v) is 17.4. The molecule has 2 aromatic carbocycles. The summed E-state index contributed by atoms with van der Waals surface area (Å²) in [6, 6.07) is 10.4. The van der Waals surface area contributed by atoms with Gasteiger partial charge in [-0.25, -0.2) is 4.79 Å². The lowest BCUT2D eigenvalue weighted by Crippen LogP contribution is -2.12. The molecule has 8 heteroatoms. The van der Waals surface area contributed by atoms with E-state index in [0.29, 0.717) is 23.7 Å². The zero-order valence-electron chi connectivity index (χ0n) is 16.6. The Morgan fingerprint density at radius 3 is 2.47 bits per heavy atom. The topological polar surface area (TPSA) is 55.8 Å². The van der Waals surface area contributed by atoms with E-state index < -0.39 is 24.3 Å². The quantitative estimate of drug-likeness (QED) is 0.481. The number of carboxylic acid groups (broad SMARTS) is 1. The number of carboxylic acids is 1. The molecule has 0 aliphatic rings. The van der Waals surface area contributed by atoms with Crippen LogP contribution < -0.4 is 4.74 Å². The first-order valence-electron chi connectivity index (χ1n) is 9.24. The molecule has 0 aromatic heterocycles. The molecule has 0 saturated heterocycles. The smallest absolute Gasteiger partial charge is 0.416 e. The minimum Gasteiger partial charge on any atom is -0.482 e. The molecule has 2 aromatic rings. The molecule has 30 heavy (non-hydrogen) atoms. The summed E-state index contributed by atoms with van der Waals surface area (Å²) in [5.74, 6) is 0.0947. The standard InChI is InChI=1S/C22H23F3O4S/c1-3-28-18(9-6-16-4-7-17(8-5-16)22(23,24)25)14-30-19-10-11-20(15(2)12-19)29-13-21(26)27/h4-12,18H,3,13-14H2,1-2H3,(H,26,27). The maximum absolute atomic E-state index is 12.7. The highest BCUT2D eigenvalue weighted by atomic mass is 32.2. The maximum atomic E-state index is 12.7. The number of ether oxygens (including phenoxy) is 2. The number of hydrogen-bond donors (Lipinski definition) is 1. The number of carbonyl (C=O) groups is 1. The molecule has 1 N–H and O–H groups in total. The van der Waals surface area contributed by atoms with Crippen LogP contribution in [0.2, 0.25) is 0 Å². The van der Waals surface area contributed by atoms with Crippen LogP contribution in [0.4, 0.5) is 13.2 Å². The van der Waals surface area contributed by atoms with Crippen molar-refractivity contribution in [3.63, 3.8) is 0 Å². The zero-order chi connectivity index (χ0) is 22.1. The highest BCUT2D eigenvalue weighted by Gasteiger charge is 2.29. The van der Waals surface area contributed by atoms with Gasteiger partial charge in [-0.3, -0.25) is 0 Å². The SMILES string of the molecule is CCOC(C=Cc1ccc(C(F)(F)F)cc1)CSc1ccc(OCC(=O)O)c(C)c1. The molecule has 0 radical (unpaired) electrons. The molecule has 162 valence electrons. The number of alkyl halides is 3. The fraction of sp³-hybridized carbons (Fsp3) is 0.318. The molecule has 0 spiro atoms. The Kier molecular flexibility index (Phi) is 8.80. The molecule has 0 aliphatic carbocycles. The van der Waals surface area contributed by atoms with E-state index in [1.54, 1.807) is 23.9 Å². The fourth-order valence-electron chi connectivity index (χ4n) is 2.57. The molecule has 0 aliphatic heterocycles. The first-order chi connectivity index (χ1) is 14.2. The van der Waals surface area contributed by atoms with E-state index in [1.807, 2.05) is 32.1 Å². The Hall–Kier alpha value is -2.45. The predicted molar refractivity (Wildman–Crippen MR) is 111 cm³/mol. The number of thioether (sulfide) groups is 1. The van der Waals surface area contributed by atoms with Crippen LogP contribution in [0.5, 0.6) is 5.75 Å². The lowest BCUT2D eigenvalue weighted by atomic mass is 10.1. The number of benzene rings is 2. The lowest BCUT2D eigenvalue weighted by molar-refractivity contribution is -0.139. The van der Waals surface area contributed by atoms with Crippen molar-refractivity contribution in [2.75, 3.05) is 19.0 Å². The number of halogens is 3. The third kappa shape index (κ3) is 7.76. The second kappa shape index (κ2) is 11.1. The molecular formula is C22H23F3O4S. The lowest BCUT2D eigenvalue weighted by Gasteiger charge is -2.14. The van der Waals surface area contributed by atoms with Gasteiger partial charge in [-0.2, -0.15) is 13.2 Å². The maximum Gasteiger partial charge on any atom is 0.416 e. The highest BCUT2D eigenvalue weighted by molar-refractivity contribution is 7.99. The second-order valence-electron chi connectivity index (χ2n) is 6.39. The molecule has 0 amide bonds. The van der Waals surface area contributed by atoms with Crippen LogP contribution in [0.15, 0.2) is 53.4 Å². The molecule has 0 heterocycles. The van der Waals surface area contributed by atoms with Gasteiger partial charge in [0.15, 0.2) is 6.61 Å². The van der Waals surface area contributed by atoms with Crippen molar-refractivity contribution in [3.05, 3.63) is 65.2 Å². The molecule has 1 atom stereocenters. The monoisotopic (exact) mass is 440 g/mol. The fourth-order valence-corrected chi connectivity index (χ4v) is 3.55. The van der Waals surface area contributed by atoms with Crippen LogP contribution in [0.3, 0.4) is 0 Å². The molecule has 0 saturated carbocycles. The Bertz CT molecular complexity index is 864. The van der Waals surface area contributed by atoms with Gasteiger partial charge in [0.1, 0.15) is 5.75 Å². The summed E-state index contributed by atoms with van der Waals surface area (Å²) in [5, 5.41) is 8.70. The van der Waals surface area contributed by atoms with Gasteiger partial charge in [0.2, 0.25) is 0 Å². The van der Waals surface area contributed by atoms with Crippen molar-refractivity contribution in [1.29, 1.82) is 0 Å². The van der Waals surface area contributed by atoms with Crippen molar-refractivity contribution in [2.45, 2.75) is 31.0 Å². The van der Waals surface area contributed by atoms with Gasteiger partial charge in [-0.05, 0) is 55.3 Å². The van der Waals surface area contributed by atoms with E-state index in [0.717, 1.165) is 22.6 Å². The summed E-state index contributed by atoms with van der Waals surface area (Å²) in [7, 11) is 0. The van der Waals surface area contributed by atoms with Crippen molar-refractivity contribution in [1.82, 2.24) is 0 Å². The van der Waals surface area contributed by atoms with Gasteiger partial charge in [0.05, 0.1) is 11.7 Å². The van der Waals surface area contributed by atoms with E-state index >= 15 is 0 Å². The normalized spacial score (nSPS) is 12.8. The van der Waals surface area contributed by atoms with Gasteiger partial charge in [0, 0.05) is 17.3 Å². The summed E-state index contributed by atoms with van der Waals surface area (Å²) >= 11 is 1.56. The second-order valence-corrected chi connectivity index (χ2v) is 7.49. The van der Waals surface area contributed by atoms with Crippen LogP contribution in [0.25, 0.3) is 6.08 Å². The van der Waals surface area contributed by atoms with Gasteiger partial charge in [-0.15, -0.1) is 11.8 Å². The average molecular weight is 440 g/mol. The predicted octanol–water partition coefficient (Wildman–Crippen LogP) is 5.69. The van der Waals surface area contributed by atoms with Gasteiger partial charge < -0.3 is 14.6 Å². The summed E-state index contributed by atoms with van der Waals surface area (Å²) in [6.45, 7) is 3.83. The summed E-state index contributed by atoms with van der Waals surface area (Å²) < 4.78 is 48.9. The van der Waals surface area contributed by atoms with Crippen molar-refractivity contribution < 1.29 is 32.5 Å². The first-order valence-corrected chi connectivity index (χ1v) is 10.2. The number of aryl methyl sites for hydroxylation is 1. The minimum absolute atomic E-state index is 0.217. The highest BCUT2D eigenvalue weighted by Crippen LogP contribution is 2.29. The summed E-state index contributed by atoms with van der Waals surface area (Å²) in [5.41, 5.74) is 0.811. The van der Waals surface area contributed by atoms with E-state index in [2.05, 4.69) is 0 Å². The Morgan fingerprint density at radius 1 is 1.20 bits per heavy atom. The van der Waals surface area contributed by atoms with Crippen molar-refractivity contribution in [3.8, 4) is 5.75 Å². The average Bonchev–Trinajstić information content (AvgIpc) is 2.69. The Labute approximate surface area is 177 Å². The van der Waals surface area contributed by atoms with Crippen LogP contribution >= 0.6 is 11.8 Å². The van der Waals surface area contributed by atoms with Gasteiger partial charge in [-0.1, -0.05) is 24.3 Å². The number of rotatable bonds is 10. The molecule has 4 nitrogen and oxygen atoms in total. The molecule has 2 rings (SSSR count). The van der Waals surface area contributed by atoms with Gasteiger partial charge >= 0.3 is 12.1 Å². The Balaban J connectivity index is 1.97. The first kappa shape index (κ1) is 23.8. The van der Waals surface area contributed by atoms with E-state index in [4.69, 9.17) is 14.6 Å². The van der Waals surface area contributed by atoms with Crippen LogP contribution in [0.1, 0.15) is 23.6 Å². The molecule has 0 bridgehead atoms. The molecule has 1 unspecified atom stereocenters. The van der Waals surface area contributed by atoms with E-state index in [9.17, 15) is 18.0 Å². The number of aliphatic carboxylic acids is 1. The van der Waals surface area contributed by atoms with E-state index in [-0.39, 0.29) is 6.10 Å². The largest absolute Gasteiger partial charge is 0.482 e. The molecule has 0 fully saturated rings. The Morgan fingerprint density at radius 2 is 1.90 bits per heavy atom. The van der Waals surface area contributed by atoms with Crippen LogP contribution in [-0.4, -0.2) is 36.1 Å². The number of hydrogen-bond acceptors (Lipinski definition) is 4. The molecular weight excluding hydrogens is 417 g/mol. The third-order valence-electron chi connectivity index (χ3n) is 4.03. The van der Waals surface area contributed by atoms with Crippen molar-refractivity contribution >= 4 is 23.8 Å². The third-order valence-corrected chi connectivity index (χ3v) is 5.12. The van der Waals surface area contributed by atoms with Crippen LogP contribution in [-0.2, 0) is 15.7 Å². The van der Waals surface area contributed by atoms with Crippen LogP contribution in [0, 0.1) is 6.92 Å². The van der Waals surface area contributed by atoms with Gasteiger partial charge in [0.25, 0.3) is 0 Å².